The zero-order valence-electron chi connectivity index (χ0n) is 16.9. The number of thioether (sulfide) groups is 1. The minimum absolute atomic E-state index is 0.139. The Kier molecular flexibility index (Phi) is 6.94. The van der Waals surface area contributed by atoms with Gasteiger partial charge in [0.25, 0.3) is 5.91 Å². The Balaban J connectivity index is 1.30. The summed E-state index contributed by atoms with van der Waals surface area (Å²) < 4.78 is 6.16. The van der Waals surface area contributed by atoms with Crippen molar-refractivity contribution in [1.29, 1.82) is 0 Å². The molecule has 0 aliphatic heterocycles. The summed E-state index contributed by atoms with van der Waals surface area (Å²) in [4.78, 5) is 30.0. The predicted molar refractivity (Wildman–Crippen MR) is 131 cm³/mol. The van der Waals surface area contributed by atoms with E-state index in [2.05, 4.69) is 15.6 Å². The van der Waals surface area contributed by atoms with Gasteiger partial charge in [0.2, 0.25) is 5.91 Å². The second-order valence-corrected chi connectivity index (χ2v) is 9.19. The van der Waals surface area contributed by atoms with Crippen LogP contribution >= 0.6 is 34.7 Å². The van der Waals surface area contributed by atoms with Crippen molar-refractivity contribution < 1.29 is 14.3 Å². The standard InChI is InChI=1S/C23H18ClN3O3S2/c1-30-17-7-10-19-20(12-17)32-23(26-19)27-21(28)13-31-18-8-5-16(6-9-18)25-22(29)14-3-2-4-15(24)11-14/h2-12H,13H2,1H3,(H,25,29)(H,26,27,28). The van der Waals surface area contributed by atoms with Gasteiger partial charge in [-0.3, -0.25) is 9.59 Å². The Morgan fingerprint density at radius 1 is 1.06 bits per heavy atom. The van der Waals surface area contributed by atoms with E-state index in [9.17, 15) is 9.59 Å². The summed E-state index contributed by atoms with van der Waals surface area (Å²) >= 11 is 8.74. The topological polar surface area (TPSA) is 80.3 Å². The average molecular weight is 484 g/mol. The first-order chi connectivity index (χ1) is 15.5. The Morgan fingerprint density at radius 2 is 1.88 bits per heavy atom. The number of benzene rings is 3. The SMILES string of the molecule is COc1ccc2nc(NC(=O)CSc3ccc(NC(=O)c4cccc(Cl)c4)cc3)sc2c1. The molecular weight excluding hydrogens is 466 g/mol. The number of anilines is 2. The molecule has 0 aliphatic rings. The fourth-order valence-corrected chi connectivity index (χ4v) is 4.66. The van der Waals surface area contributed by atoms with E-state index in [0.29, 0.717) is 21.4 Å². The number of nitrogens with zero attached hydrogens (tertiary/aromatic N) is 1. The maximum Gasteiger partial charge on any atom is 0.255 e. The number of nitrogens with one attached hydrogen (secondary N) is 2. The first kappa shape index (κ1) is 22.1. The largest absolute Gasteiger partial charge is 0.497 e. The van der Waals surface area contributed by atoms with E-state index in [1.807, 2.05) is 30.3 Å². The van der Waals surface area contributed by atoms with E-state index in [1.54, 1.807) is 43.5 Å². The number of halogens is 1. The first-order valence-electron chi connectivity index (χ1n) is 9.54. The lowest BCUT2D eigenvalue weighted by Gasteiger charge is -2.07. The van der Waals surface area contributed by atoms with Crippen molar-refractivity contribution in [2.75, 3.05) is 23.5 Å². The molecule has 162 valence electrons. The van der Waals surface area contributed by atoms with Crippen LogP contribution in [0.25, 0.3) is 10.2 Å². The third-order valence-electron chi connectivity index (χ3n) is 4.41. The van der Waals surface area contributed by atoms with E-state index in [1.165, 1.54) is 23.1 Å². The molecule has 1 heterocycles. The molecule has 2 amide bonds. The van der Waals surface area contributed by atoms with Crippen LogP contribution in [0.4, 0.5) is 10.8 Å². The lowest BCUT2D eigenvalue weighted by molar-refractivity contribution is -0.113. The van der Waals surface area contributed by atoms with Gasteiger partial charge in [-0.15, -0.1) is 11.8 Å². The Bertz CT molecular complexity index is 1280. The van der Waals surface area contributed by atoms with Crippen LogP contribution in [0.15, 0.2) is 71.6 Å². The highest BCUT2D eigenvalue weighted by Gasteiger charge is 2.10. The van der Waals surface area contributed by atoms with Crippen LogP contribution in [0, 0.1) is 0 Å². The summed E-state index contributed by atoms with van der Waals surface area (Å²) in [5.41, 5.74) is 1.96. The van der Waals surface area contributed by atoms with Gasteiger partial charge in [0, 0.05) is 21.2 Å². The Hall–Kier alpha value is -3.07. The third kappa shape index (κ3) is 5.59. The van der Waals surface area contributed by atoms with Crippen LogP contribution in [0.5, 0.6) is 5.75 Å². The molecule has 0 spiro atoms. The summed E-state index contributed by atoms with van der Waals surface area (Å²) in [6.07, 6.45) is 0. The van der Waals surface area contributed by atoms with Crippen molar-refractivity contribution in [3.63, 3.8) is 0 Å². The van der Waals surface area contributed by atoms with Crippen LogP contribution < -0.4 is 15.4 Å². The number of carbonyl (C=O) groups is 2. The monoisotopic (exact) mass is 483 g/mol. The van der Waals surface area contributed by atoms with Gasteiger partial charge < -0.3 is 15.4 Å². The number of ether oxygens (including phenoxy) is 1. The van der Waals surface area contributed by atoms with Gasteiger partial charge in [-0.2, -0.15) is 0 Å². The van der Waals surface area contributed by atoms with Gasteiger partial charge in [-0.05, 0) is 60.7 Å². The number of thiazole rings is 1. The molecular formula is C23H18ClN3O3S2. The van der Waals surface area contributed by atoms with Crippen molar-refractivity contribution >= 4 is 67.5 Å². The number of rotatable bonds is 7. The Morgan fingerprint density at radius 3 is 2.62 bits per heavy atom. The number of amides is 2. The molecule has 32 heavy (non-hydrogen) atoms. The quantitative estimate of drug-likeness (QED) is 0.318. The van der Waals surface area contributed by atoms with E-state index in [0.717, 1.165) is 20.9 Å². The van der Waals surface area contributed by atoms with Crippen LogP contribution in [-0.2, 0) is 4.79 Å². The molecule has 2 N–H and O–H groups in total. The maximum atomic E-state index is 12.3. The first-order valence-corrected chi connectivity index (χ1v) is 11.7. The predicted octanol–water partition coefficient (Wildman–Crippen LogP) is 5.94. The van der Waals surface area contributed by atoms with Crippen LogP contribution in [0.1, 0.15) is 10.4 Å². The molecule has 6 nitrogen and oxygen atoms in total. The molecule has 0 saturated heterocycles. The molecule has 0 bridgehead atoms. The van der Waals surface area contributed by atoms with Gasteiger partial charge in [0.05, 0.1) is 23.1 Å². The molecule has 0 saturated carbocycles. The molecule has 0 atom stereocenters. The van der Waals surface area contributed by atoms with Crippen molar-refractivity contribution in [2.45, 2.75) is 4.90 Å². The van der Waals surface area contributed by atoms with Gasteiger partial charge >= 0.3 is 0 Å². The molecule has 3 aromatic carbocycles. The van der Waals surface area contributed by atoms with Crippen molar-refractivity contribution in [3.8, 4) is 5.75 Å². The highest BCUT2D eigenvalue weighted by molar-refractivity contribution is 8.00. The highest BCUT2D eigenvalue weighted by atomic mass is 35.5. The fraction of sp³-hybridized carbons (Fsp3) is 0.0870. The lowest BCUT2D eigenvalue weighted by atomic mass is 10.2. The molecule has 0 fully saturated rings. The zero-order valence-corrected chi connectivity index (χ0v) is 19.3. The zero-order chi connectivity index (χ0) is 22.5. The van der Waals surface area contributed by atoms with Gasteiger partial charge in [0.1, 0.15) is 5.75 Å². The molecule has 1 aromatic heterocycles. The van der Waals surface area contributed by atoms with Gasteiger partial charge in [-0.25, -0.2) is 4.98 Å². The third-order valence-corrected chi connectivity index (χ3v) is 6.59. The molecule has 0 radical (unpaired) electrons. The average Bonchev–Trinajstić information content (AvgIpc) is 3.19. The second kappa shape index (κ2) is 10.0. The minimum atomic E-state index is -0.235. The van der Waals surface area contributed by atoms with Crippen LogP contribution in [0.3, 0.4) is 0 Å². The molecule has 0 aliphatic carbocycles. The number of fused-ring (bicyclic) bond motifs is 1. The van der Waals surface area contributed by atoms with Crippen molar-refractivity contribution in [3.05, 3.63) is 77.3 Å². The number of hydrogen-bond donors (Lipinski definition) is 2. The minimum Gasteiger partial charge on any atom is -0.497 e. The number of carbonyl (C=O) groups excluding carboxylic acids is 2. The highest BCUT2D eigenvalue weighted by Crippen LogP contribution is 2.29. The number of aromatic nitrogens is 1. The molecule has 9 heteroatoms. The molecule has 4 rings (SSSR count). The summed E-state index contributed by atoms with van der Waals surface area (Å²) in [6, 6.07) is 19.7. The van der Waals surface area contributed by atoms with Crippen LogP contribution in [-0.4, -0.2) is 29.7 Å². The van der Waals surface area contributed by atoms with E-state index < -0.39 is 0 Å². The molecule has 0 unspecified atom stereocenters. The van der Waals surface area contributed by atoms with Crippen molar-refractivity contribution in [2.24, 2.45) is 0 Å². The number of methoxy groups -OCH3 is 1. The van der Waals surface area contributed by atoms with E-state index in [-0.39, 0.29) is 17.6 Å². The van der Waals surface area contributed by atoms with Gasteiger partial charge in [0.15, 0.2) is 5.13 Å². The normalized spacial score (nSPS) is 10.7. The van der Waals surface area contributed by atoms with Gasteiger partial charge in [-0.1, -0.05) is 29.0 Å². The van der Waals surface area contributed by atoms with Crippen molar-refractivity contribution in [1.82, 2.24) is 4.98 Å². The van der Waals surface area contributed by atoms with E-state index in [4.69, 9.17) is 16.3 Å². The smallest absolute Gasteiger partial charge is 0.255 e. The maximum absolute atomic E-state index is 12.3. The van der Waals surface area contributed by atoms with Crippen LogP contribution in [0.2, 0.25) is 5.02 Å². The summed E-state index contributed by atoms with van der Waals surface area (Å²) in [7, 11) is 1.61. The summed E-state index contributed by atoms with van der Waals surface area (Å²) in [5.74, 6) is 0.620. The van der Waals surface area contributed by atoms with E-state index >= 15 is 0 Å². The summed E-state index contributed by atoms with van der Waals surface area (Å²) in [5, 5.41) is 6.73. The Labute approximate surface area is 198 Å². The molecule has 4 aromatic rings. The number of hydrogen-bond acceptors (Lipinski definition) is 6. The fourth-order valence-electron chi connectivity index (χ4n) is 2.86. The lowest BCUT2D eigenvalue weighted by Crippen LogP contribution is -2.13. The second-order valence-electron chi connectivity index (χ2n) is 6.68. The summed E-state index contributed by atoms with van der Waals surface area (Å²) in [6.45, 7) is 0.